The van der Waals surface area contributed by atoms with Crippen molar-refractivity contribution in [3.05, 3.63) is 47.6 Å². The number of amides is 1. The number of nitrogens with one attached hydrogen (secondary N) is 1. The van der Waals surface area contributed by atoms with Crippen LogP contribution in [0.1, 0.15) is 41.3 Å². The van der Waals surface area contributed by atoms with Crippen LogP contribution in [0.3, 0.4) is 0 Å². The quantitative estimate of drug-likeness (QED) is 0.911. The Hall–Kier alpha value is -2.17. The largest absolute Gasteiger partial charge is 0.345 e. The summed E-state index contributed by atoms with van der Waals surface area (Å²) in [6.45, 7) is 2.45. The van der Waals surface area contributed by atoms with E-state index in [0.29, 0.717) is 35.7 Å². The summed E-state index contributed by atoms with van der Waals surface area (Å²) in [5.74, 6) is 2.12. The van der Waals surface area contributed by atoms with Crippen LogP contribution < -0.4 is 5.32 Å². The van der Waals surface area contributed by atoms with Gasteiger partial charge in [-0.15, -0.1) is 0 Å². The molecule has 1 heterocycles. The molecule has 3 rings (SSSR count). The minimum Gasteiger partial charge on any atom is -0.345 e. The second-order valence-corrected chi connectivity index (χ2v) is 4.92. The number of rotatable bonds is 4. The number of carbonyl (C=O) groups is 1. The Bertz CT molecular complexity index is 579. The molecule has 0 spiro atoms. The van der Waals surface area contributed by atoms with Gasteiger partial charge in [-0.1, -0.05) is 30.3 Å². The average molecular weight is 257 g/mol. The highest BCUT2D eigenvalue weighted by Crippen LogP contribution is 2.45. The third-order valence-electron chi connectivity index (χ3n) is 3.35. The van der Waals surface area contributed by atoms with Gasteiger partial charge in [0.1, 0.15) is 0 Å². The fourth-order valence-corrected chi connectivity index (χ4v) is 2.01. The van der Waals surface area contributed by atoms with Gasteiger partial charge in [-0.2, -0.15) is 4.98 Å². The van der Waals surface area contributed by atoms with Gasteiger partial charge in [-0.05, 0) is 24.5 Å². The zero-order chi connectivity index (χ0) is 13.2. The van der Waals surface area contributed by atoms with E-state index in [1.165, 1.54) is 0 Å². The molecule has 1 saturated carbocycles. The summed E-state index contributed by atoms with van der Waals surface area (Å²) in [5.41, 5.74) is 0.627. The van der Waals surface area contributed by atoms with Crippen molar-refractivity contribution >= 4 is 5.91 Å². The first-order valence-corrected chi connectivity index (χ1v) is 6.40. The van der Waals surface area contributed by atoms with Crippen LogP contribution in [0.2, 0.25) is 0 Å². The summed E-state index contributed by atoms with van der Waals surface area (Å²) in [4.78, 5) is 16.1. The van der Waals surface area contributed by atoms with Gasteiger partial charge in [-0.3, -0.25) is 4.79 Å². The lowest BCUT2D eigenvalue weighted by Crippen LogP contribution is -2.23. The Morgan fingerprint density at radius 3 is 2.84 bits per heavy atom. The number of nitrogens with zero attached hydrogens (tertiary/aromatic N) is 2. The van der Waals surface area contributed by atoms with Crippen molar-refractivity contribution in [2.75, 3.05) is 0 Å². The Balaban J connectivity index is 1.57. The topological polar surface area (TPSA) is 68.0 Å². The third-order valence-corrected chi connectivity index (χ3v) is 3.35. The summed E-state index contributed by atoms with van der Waals surface area (Å²) in [6, 6.07) is 9.07. The summed E-state index contributed by atoms with van der Waals surface area (Å²) in [7, 11) is 0. The maximum Gasteiger partial charge on any atom is 0.251 e. The second kappa shape index (κ2) is 4.84. The molecule has 1 N–H and O–H groups in total. The molecule has 1 aliphatic carbocycles. The average Bonchev–Trinajstić information content (AvgIpc) is 3.00. The van der Waals surface area contributed by atoms with Crippen molar-refractivity contribution < 1.29 is 9.32 Å². The van der Waals surface area contributed by atoms with Gasteiger partial charge in [0.15, 0.2) is 5.82 Å². The van der Waals surface area contributed by atoms with Crippen molar-refractivity contribution in [3.63, 3.8) is 0 Å². The van der Waals surface area contributed by atoms with Crippen LogP contribution in [0.5, 0.6) is 0 Å². The van der Waals surface area contributed by atoms with Gasteiger partial charge in [-0.25, -0.2) is 0 Å². The molecule has 1 fully saturated rings. The van der Waals surface area contributed by atoms with Gasteiger partial charge < -0.3 is 9.84 Å². The maximum atomic E-state index is 11.8. The SMILES string of the molecule is C[C@H]1C[C@@H]1c1nc(CNC(=O)c2ccccc2)no1. The summed E-state index contributed by atoms with van der Waals surface area (Å²) < 4.78 is 5.18. The lowest BCUT2D eigenvalue weighted by Gasteiger charge is -2.01. The second-order valence-electron chi connectivity index (χ2n) is 4.92. The molecular formula is C14H15N3O2. The molecule has 1 aliphatic rings. The molecule has 98 valence electrons. The van der Waals surface area contributed by atoms with Crippen molar-refractivity contribution in [2.45, 2.75) is 25.8 Å². The Morgan fingerprint density at radius 1 is 1.42 bits per heavy atom. The molecule has 1 aromatic heterocycles. The normalized spacial score (nSPS) is 21.1. The fourth-order valence-electron chi connectivity index (χ4n) is 2.01. The highest BCUT2D eigenvalue weighted by atomic mass is 16.5. The van der Waals surface area contributed by atoms with Gasteiger partial charge >= 0.3 is 0 Å². The fraction of sp³-hybridized carbons (Fsp3) is 0.357. The Labute approximate surface area is 111 Å². The van der Waals surface area contributed by atoms with Gasteiger partial charge in [0.25, 0.3) is 5.91 Å². The van der Waals surface area contributed by atoms with Crippen LogP contribution in [-0.4, -0.2) is 16.0 Å². The lowest BCUT2D eigenvalue weighted by atomic mass is 10.2. The van der Waals surface area contributed by atoms with E-state index in [1.807, 2.05) is 18.2 Å². The van der Waals surface area contributed by atoms with Gasteiger partial charge in [0.05, 0.1) is 6.54 Å². The first kappa shape index (κ1) is 11.9. The minimum atomic E-state index is -0.133. The standard InChI is InChI=1S/C14H15N3O2/c1-9-7-11(9)14-16-12(17-19-14)8-15-13(18)10-5-3-2-4-6-10/h2-6,9,11H,7-8H2,1H3,(H,15,18)/t9-,11-/m0/s1. The Morgan fingerprint density at radius 2 is 2.16 bits per heavy atom. The van der Waals surface area contributed by atoms with Gasteiger partial charge in [0, 0.05) is 11.5 Å². The zero-order valence-electron chi connectivity index (χ0n) is 10.7. The molecule has 0 saturated heterocycles. The minimum absolute atomic E-state index is 0.133. The Kier molecular flexibility index (Phi) is 3.03. The van der Waals surface area contributed by atoms with E-state index in [4.69, 9.17) is 4.52 Å². The smallest absolute Gasteiger partial charge is 0.251 e. The van der Waals surface area contributed by atoms with E-state index in [2.05, 4.69) is 22.4 Å². The van der Waals surface area contributed by atoms with E-state index in [0.717, 1.165) is 6.42 Å². The molecule has 2 atom stereocenters. The molecule has 0 radical (unpaired) electrons. The molecule has 0 bridgehead atoms. The van der Waals surface area contributed by atoms with Crippen LogP contribution in [0.25, 0.3) is 0 Å². The van der Waals surface area contributed by atoms with Crippen LogP contribution >= 0.6 is 0 Å². The number of aromatic nitrogens is 2. The summed E-state index contributed by atoms with van der Waals surface area (Å²) >= 11 is 0. The molecule has 19 heavy (non-hydrogen) atoms. The van der Waals surface area contributed by atoms with Gasteiger partial charge in [0.2, 0.25) is 5.89 Å². The van der Waals surface area contributed by atoms with E-state index < -0.39 is 0 Å². The molecule has 5 nitrogen and oxygen atoms in total. The molecule has 2 aromatic rings. The predicted octanol–water partition coefficient (Wildman–Crippen LogP) is 2.12. The number of benzene rings is 1. The number of hydrogen-bond acceptors (Lipinski definition) is 4. The monoisotopic (exact) mass is 257 g/mol. The molecule has 0 unspecified atom stereocenters. The van der Waals surface area contributed by atoms with E-state index in [9.17, 15) is 4.79 Å². The zero-order valence-corrected chi connectivity index (χ0v) is 10.7. The van der Waals surface area contributed by atoms with Crippen LogP contribution in [0.15, 0.2) is 34.9 Å². The van der Waals surface area contributed by atoms with E-state index >= 15 is 0 Å². The van der Waals surface area contributed by atoms with Crippen LogP contribution in [0, 0.1) is 5.92 Å². The number of hydrogen-bond donors (Lipinski definition) is 1. The number of carbonyl (C=O) groups excluding carboxylic acids is 1. The highest BCUT2D eigenvalue weighted by molar-refractivity contribution is 5.93. The molecule has 1 amide bonds. The third kappa shape index (κ3) is 2.65. The highest BCUT2D eigenvalue weighted by Gasteiger charge is 2.38. The van der Waals surface area contributed by atoms with E-state index in [-0.39, 0.29) is 5.91 Å². The summed E-state index contributed by atoms with van der Waals surface area (Å²) in [6.07, 6.45) is 1.11. The van der Waals surface area contributed by atoms with Crippen LogP contribution in [0.4, 0.5) is 0 Å². The van der Waals surface area contributed by atoms with Crippen molar-refractivity contribution in [1.29, 1.82) is 0 Å². The molecular weight excluding hydrogens is 242 g/mol. The predicted molar refractivity (Wildman–Crippen MR) is 68.4 cm³/mol. The lowest BCUT2D eigenvalue weighted by molar-refractivity contribution is 0.0949. The molecule has 0 aliphatic heterocycles. The van der Waals surface area contributed by atoms with Crippen LogP contribution in [-0.2, 0) is 6.54 Å². The van der Waals surface area contributed by atoms with Crippen molar-refractivity contribution in [2.24, 2.45) is 5.92 Å². The first-order valence-electron chi connectivity index (χ1n) is 6.40. The van der Waals surface area contributed by atoms with Crippen molar-refractivity contribution in [3.8, 4) is 0 Å². The molecule has 1 aromatic carbocycles. The first-order chi connectivity index (χ1) is 9.24. The van der Waals surface area contributed by atoms with E-state index in [1.54, 1.807) is 12.1 Å². The summed E-state index contributed by atoms with van der Waals surface area (Å²) in [5, 5.41) is 6.65. The maximum absolute atomic E-state index is 11.8. The molecule has 5 heteroatoms. The van der Waals surface area contributed by atoms with Crippen molar-refractivity contribution in [1.82, 2.24) is 15.5 Å².